The highest BCUT2D eigenvalue weighted by Gasteiger charge is 2.36. The van der Waals surface area contributed by atoms with E-state index in [0.29, 0.717) is 11.3 Å². The van der Waals surface area contributed by atoms with Gasteiger partial charge in [-0.1, -0.05) is 42.5 Å². The summed E-state index contributed by atoms with van der Waals surface area (Å²) < 4.78 is 6.12. The van der Waals surface area contributed by atoms with Gasteiger partial charge >= 0.3 is 0 Å². The number of benzene rings is 2. The number of para-hydroxylation sites is 1. The monoisotopic (exact) mass is 293 g/mol. The van der Waals surface area contributed by atoms with E-state index in [1.807, 2.05) is 68.4 Å². The number of hydrogen-bond acceptors (Lipinski definition) is 3. The van der Waals surface area contributed by atoms with Crippen LogP contribution in [-0.2, 0) is 0 Å². The molecular weight excluding hydrogens is 274 g/mol. The summed E-state index contributed by atoms with van der Waals surface area (Å²) in [6.07, 6.45) is 1.42. The second-order valence-electron chi connectivity index (χ2n) is 5.73. The third-order valence-electron chi connectivity index (χ3n) is 3.71. The number of carbonyl (C=O) groups is 1. The van der Waals surface area contributed by atoms with Gasteiger partial charge in [-0.2, -0.15) is 0 Å². The van der Waals surface area contributed by atoms with E-state index >= 15 is 0 Å². The molecule has 0 radical (unpaired) electrons. The summed E-state index contributed by atoms with van der Waals surface area (Å²) in [6, 6.07) is 17.4. The van der Waals surface area contributed by atoms with Crippen molar-refractivity contribution in [1.82, 2.24) is 0 Å². The number of carbonyl (C=O) groups excluding carboxylic acids is 1. The first-order chi connectivity index (χ1) is 10.7. The van der Waals surface area contributed by atoms with Crippen molar-refractivity contribution in [3.63, 3.8) is 0 Å². The summed E-state index contributed by atoms with van der Waals surface area (Å²) in [4.78, 5) is 17.3. The molecule has 1 aliphatic heterocycles. The van der Waals surface area contributed by atoms with Crippen LogP contribution >= 0.6 is 0 Å². The van der Waals surface area contributed by atoms with Crippen molar-refractivity contribution in [3.05, 3.63) is 65.7 Å². The van der Waals surface area contributed by atoms with E-state index in [2.05, 4.69) is 4.99 Å². The predicted molar refractivity (Wildman–Crippen MR) is 87.7 cm³/mol. The first kappa shape index (κ1) is 14.5. The Morgan fingerprint density at radius 1 is 1.05 bits per heavy atom. The van der Waals surface area contributed by atoms with Gasteiger partial charge in [0.15, 0.2) is 5.78 Å². The van der Waals surface area contributed by atoms with Crippen molar-refractivity contribution in [2.75, 3.05) is 0 Å². The Hall–Kier alpha value is -2.42. The quantitative estimate of drug-likeness (QED) is 0.799. The topological polar surface area (TPSA) is 38.7 Å². The van der Waals surface area contributed by atoms with E-state index in [-0.39, 0.29) is 23.8 Å². The third kappa shape index (κ3) is 2.80. The fraction of sp³-hybridized carbons (Fsp3) is 0.263. The lowest BCUT2D eigenvalue weighted by Gasteiger charge is -2.31. The lowest BCUT2D eigenvalue weighted by molar-refractivity contribution is 0.0772. The molecule has 0 saturated heterocycles. The highest BCUT2D eigenvalue weighted by Crippen LogP contribution is 2.37. The molecule has 3 nitrogen and oxygen atoms in total. The minimum absolute atomic E-state index is 0.0695. The average Bonchev–Trinajstić information content (AvgIpc) is 2.54. The first-order valence-electron chi connectivity index (χ1n) is 7.55. The van der Waals surface area contributed by atoms with Crippen molar-refractivity contribution in [1.29, 1.82) is 0 Å². The van der Waals surface area contributed by atoms with Crippen molar-refractivity contribution in [2.45, 2.75) is 26.0 Å². The number of rotatable bonds is 3. The Morgan fingerprint density at radius 2 is 1.73 bits per heavy atom. The van der Waals surface area contributed by atoms with Crippen LogP contribution in [0.1, 0.15) is 35.9 Å². The minimum atomic E-state index is -0.389. The van der Waals surface area contributed by atoms with Gasteiger partial charge in [-0.05, 0) is 31.5 Å². The maximum Gasteiger partial charge on any atom is 0.179 e. The summed E-state index contributed by atoms with van der Waals surface area (Å²) in [6.45, 7) is 3.99. The zero-order valence-corrected chi connectivity index (χ0v) is 12.8. The molecule has 0 spiro atoms. The van der Waals surface area contributed by atoms with Gasteiger partial charge in [0, 0.05) is 12.3 Å². The first-order valence-corrected chi connectivity index (χ1v) is 7.55. The lowest BCUT2D eigenvalue weighted by atomic mass is 9.86. The summed E-state index contributed by atoms with van der Waals surface area (Å²) in [5.74, 6) is 0.329. The molecule has 2 atom stereocenters. The Labute approximate surface area is 130 Å². The molecule has 0 aromatic heterocycles. The molecule has 3 heteroatoms. The fourth-order valence-electron chi connectivity index (χ4n) is 2.63. The van der Waals surface area contributed by atoms with Crippen LogP contribution in [-0.4, -0.2) is 18.0 Å². The molecule has 0 saturated carbocycles. The van der Waals surface area contributed by atoms with E-state index in [9.17, 15) is 4.79 Å². The molecule has 0 fully saturated rings. The third-order valence-corrected chi connectivity index (χ3v) is 3.71. The summed E-state index contributed by atoms with van der Waals surface area (Å²) in [7, 11) is 0. The number of hydrogen-bond donors (Lipinski definition) is 0. The molecule has 22 heavy (non-hydrogen) atoms. The summed E-state index contributed by atoms with van der Waals surface area (Å²) >= 11 is 0. The van der Waals surface area contributed by atoms with E-state index in [1.54, 1.807) is 6.21 Å². The van der Waals surface area contributed by atoms with Crippen LogP contribution in [0.15, 0.2) is 59.6 Å². The van der Waals surface area contributed by atoms with Crippen LogP contribution in [0, 0.1) is 5.92 Å². The Bertz CT molecular complexity index is 692. The van der Waals surface area contributed by atoms with Gasteiger partial charge < -0.3 is 4.74 Å². The van der Waals surface area contributed by atoms with Crippen LogP contribution in [0.25, 0.3) is 0 Å². The number of ether oxygens (including phenoxy) is 1. The molecule has 3 rings (SSSR count). The number of Topliss-reactive ketones (excluding diaryl/α,β-unsaturated/α-hetero) is 1. The van der Waals surface area contributed by atoms with Crippen molar-refractivity contribution < 1.29 is 9.53 Å². The van der Waals surface area contributed by atoms with Gasteiger partial charge in [-0.15, -0.1) is 0 Å². The highest BCUT2D eigenvalue weighted by atomic mass is 16.5. The highest BCUT2D eigenvalue weighted by molar-refractivity contribution is 6.09. The van der Waals surface area contributed by atoms with Crippen LogP contribution in [0.3, 0.4) is 0 Å². The van der Waals surface area contributed by atoms with Crippen LogP contribution < -0.4 is 4.74 Å². The average molecular weight is 293 g/mol. The van der Waals surface area contributed by atoms with Gasteiger partial charge in [0.1, 0.15) is 11.9 Å². The van der Waals surface area contributed by atoms with Crippen LogP contribution in [0.4, 0.5) is 0 Å². The number of fused-ring (bicyclic) bond motifs is 1. The lowest BCUT2D eigenvalue weighted by Crippen LogP contribution is -2.32. The van der Waals surface area contributed by atoms with Gasteiger partial charge in [0.05, 0.1) is 11.5 Å². The molecule has 0 aliphatic carbocycles. The molecule has 0 bridgehead atoms. The predicted octanol–water partition coefficient (Wildman–Crippen LogP) is 4.10. The minimum Gasteiger partial charge on any atom is -0.484 e. The zero-order valence-electron chi connectivity index (χ0n) is 12.8. The van der Waals surface area contributed by atoms with Crippen LogP contribution in [0.2, 0.25) is 0 Å². The Kier molecular flexibility index (Phi) is 4.05. The molecule has 2 aromatic rings. The molecule has 0 amide bonds. The number of aliphatic imine (C=N–C) groups is 1. The SMILES string of the molecule is CC(C)N=CC1C(=O)c2ccccc2OC1c1ccccc1. The standard InChI is InChI=1S/C19H19NO2/c1-13(2)20-12-16-18(21)15-10-6-7-11-17(15)22-19(16)14-8-4-3-5-9-14/h3-13,16,19H,1-2H3. The molecule has 112 valence electrons. The van der Waals surface area contributed by atoms with E-state index in [1.165, 1.54) is 0 Å². The van der Waals surface area contributed by atoms with E-state index in [4.69, 9.17) is 4.74 Å². The Morgan fingerprint density at radius 3 is 2.45 bits per heavy atom. The van der Waals surface area contributed by atoms with Gasteiger partial charge in [-0.3, -0.25) is 9.79 Å². The smallest absolute Gasteiger partial charge is 0.179 e. The molecule has 1 heterocycles. The second kappa shape index (κ2) is 6.14. The molecule has 1 aliphatic rings. The van der Waals surface area contributed by atoms with Crippen molar-refractivity contribution >= 4 is 12.0 Å². The number of ketones is 1. The maximum atomic E-state index is 12.8. The largest absolute Gasteiger partial charge is 0.484 e. The van der Waals surface area contributed by atoms with Crippen LogP contribution in [0.5, 0.6) is 5.75 Å². The molecular formula is C19H19NO2. The maximum absolute atomic E-state index is 12.8. The molecule has 2 unspecified atom stereocenters. The summed E-state index contributed by atoms with van der Waals surface area (Å²) in [5.41, 5.74) is 1.63. The summed E-state index contributed by atoms with van der Waals surface area (Å²) in [5, 5.41) is 0. The Balaban J connectivity index is 2.04. The van der Waals surface area contributed by atoms with E-state index in [0.717, 1.165) is 5.56 Å². The zero-order chi connectivity index (χ0) is 15.5. The molecule has 2 aromatic carbocycles. The van der Waals surface area contributed by atoms with Gasteiger partial charge in [0.25, 0.3) is 0 Å². The fourth-order valence-corrected chi connectivity index (χ4v) is 2.63. The second-order valence-corrected chi connectivity index (χ2v) is 5.73. The number of nitrogens with zero attached hydrogens (tertiary/aromatic N) is 1. The van der Waals surface area contributed by atoms with Gasteiger partial charge in [0.2, 0.25) is 0 Å². The normalized spacial score (nSPS) is 21.0. The van der Waals surface area contributed by atoms with Crippen molar-refractivity contribution in [3.8, 4) is 5.75 Å². The molecule has 0 N–H and O–H groups in total. The van der Waals surface area contributed by atoms with Crippen molar-refractivity contribution in [2.24, 2.45) is 10.9 Å². The van der Waals surface area contributed by atoms with Gasteiger partial charge in [-0.25, -0.2) is 0 Å². The van der Waals surface area contributed by atoms with E-state index < -0.39 is 0 Å².